The molecule has 6 heteroatoms. The Kier molecular flexibility index (Phi) is 6.37. The molecule has 1 aliphatic heterocycles. The number of halogens is 2. The highest BCUT2D eigenvalue weighted by atomic mass is 35.5. The average molecular weight is 364 g/mol. The summed E-state index contributed by atoms with van der Waals surface area (Å²) in [4.78, 5) is 6.47. The smallest absolute Gasteiger partial charge is 0.142 e. The summed E-state index contributed by atoms with van der Waals surface area (Å²) in [7, 11) is 0. The first-order valence-electron chi connectivity index (χ1n) is 8.59. The van der Waals surface area contributed by atoms with Gasteiger partial charge in [-0.05, 0) is 61.3 Å². The fourth-order valence-corrected chi connectivity index (χ4v) is 3.39. The predicted molar refractivity (Wildman–Crippen MR) is 96.9 cm³/mol. The molecular formula is C19H23ClFN3O. The molecular weight excluding hydrogens is 341 g/mol. The van der Waals surface area contributed by atoms with Crippen molar-refractivity contribution in [3.8, 4) is 0 Å². The molecule has 1 unspecified atom stereocenters. The molecule has 0 aliphatic carbocycles. The van der Waals surface area contributed by atoms with Gasteiger partial charge in [-0.1, -0.05) is 17.7 Å². The van der Waals surface area contributed by atoms with Crippen LogP contribution in [0.25, 0.3) is 0 Å². The van der Waals surface area contributed by atoms with Crippen LogP contribution in [-0.2, 0) is 6.54 Å². The van der Waals surface area contributed by atoms with E-state index in [9.17, 15) is 9.50 Å². The molecule has 25 heavy (non-hydrogen) atoms. The Morgan fingerprint density at radius 1 is 1.24 bits per heavy atom. The maximum Gasteiger partial charge on any atom is 0.142 e. The van der Waals surface area contributed by atoms with Gasteiger partial charge in [-0.15, -0.1) is 0 Å². The maximum atomic E-state index is 13.7. The van der Waals surface area contributed by atoms with Gasteiger partial charge in [0.1, 0.15) is 5.82 Å². The number of aromatic nitrogens is 1. The molecule has 2 N–H and O–H groups in total. The summed E-state index contributed by atoms with van der Waals surface area (Å²) < 4.78 is 13.7. The summed E-state index contributed by atoms with van der Waals surface area (Å²) in [6, 6.07) is 8.82. The van der Waals surface area contributed by atoms with Crippen LogP contribution in [0.4, 0.5) is 4.39 Å². The van der Waals surface area contributed by atoms with Crippen LogP contribution in [0, 0.1) is 5.82 Å². The second-order valence-electron chi connectivity index (χ2n) is 6.48. The summed E-state index contributed by atoms with van der Waals surface area (Å²) in [6.45, 7) is 2.85. The largest absolute Gasteiger partial charge is 0.394 e. The molecule has 1 aliphatic rings. The van der Waals surface area contributed by atoms with Gasteiger partial charge in [0.2, 0.25) is 0 Å². The van der Waals surface area contributed by atoms with E-state index in [2.05, 4.69) is 15.2 Å². The number of benzene rings is 1. The van der Waals surface area contributed by atoms with Gasteiger partial charge in [0.25, 0.3) is 0 Å². The highest BCUT2D eigenvalue weighted by molar-refractivity contribution is 6.30. The van der Waals surface area contributed by atoms with E-state index in [0.29, 0.717) is 6.04 Å². The summed E-state index contributed by atoms with van der Waals surface area (Å²) in [6.07, 6.45) is 5.64. The van der Waals surface area contributed by atoms with E-state index < -0.39 is 5.82 Å². The third kappa shape index (κ3) is 4.98. The SMILES string of the molecule is OCC(NC1CCN(Cc2ccncc2)CC1)c1ccc(Cl)c(F)c1. The zero-order valence-electron chi connectivity index (χ0n) is 14.0. The fraction of sp³-hybridized carbons (Fsp3) is 0.421. The van der Waals surface area contributed by atoms with E-state index in [0.717, 1.165) is 38.0 Å². The van der Waals surface area contributed by atoms with Gasteiger partial charge >= 0.3 is 0 Å². The molecule has 2 aromatic rings. The minimum absolute atomic E-state index is 0.0711. The Morgan fingerprint density at radius 2 is 1.96 bits per heavy atom. The first-order valence-corrected chi connectivity index (χ1v) is 8.96. The third-order valence-electron chi connectivity index (χ3n) is 4.71. The lowest BCUT2D eigenvalue weighted by Gasteiger charge is -2.34. The number of pyridine rings is 1. The van der Waals surface area contributed by atoms with Gasteiger partial charge in [-0.25, -0.2) is 4.39 Å². The van der Waals surface area contributed by atoms with Crippen molar-refractivity contribution in [2.75, 3.05) is 19.7 Å². The highest BCUT2D eigenvalue weighted by Gasteiger charge is 2.22. The van der Waals surface area contributed by atoms with Gasteiger partial charge < -0.3 is 10.4 Å². The average Bonchev–Trinajstić information content (AvgIpc) is 2.64. The number of nitrogens with zero attached hydrogens (tertiary/aromatic N) is 2. The molecule has 1 saturated heterocycles. The number of aliphatic hydroxyl groups is 1. The Hall–Kier alpha value is -1.53. The molecule has 4 nitrogen and oxygen atoms in total. The van der Waals surface area contributed by atoms with Gasteiger partial charge in [-0.2, -0.15) is 0 Å². The number of nitrogens with one attached hydrogen (secondary N) is 1. The lowest BCUT2D eigenvalue weighted by Crippen LogP contribution is -2.44. The molecule has 0 amide bonds. The van der Waals surface area contributed by atoms with Crippen molar-refractivity contribution >= 4 is 11.6 Å². The van der Waals surface area contributed by atoms with Gasteiger partial charge in [-0.3, -0.25) is 9.88 Å². The zero-order chi connectivity index (χ0) is 17.6. The summed E-state index contributed by atoms with van der Waals surface area (Å²) in [5, 5.41) is 13.2. The molecule has 1 atom stereocenters. The van der Waals surface area contributed by atoms with Gasteiger partial charge in [0.15, 0.2) is 0 Å². The highest BCUT2D eigenvalue weighted by Crippen LogP contribution is 2.22. The Labute approximate surface area is 152 Å². The van der Waals surface area contributed by atoms with Crippen LogP contribution in [0.1, 0.15) is 30.0 Å². The van der Waals surface area contributed by atoms with Crippen molar-refractivity contribution in [3.63, 3.8) is 0 Å². The summed E-state index contributed by atoms with van der Waals surface area (Å²) in [5.41, 5.74) is 2.00. The van der Waals surface area contributed by atoms with Crippen LogP contribution in [0.3, 0.4) is 0 Å². The fourth-order valence-electron chi connectivity index (χ4n) is 3.27. The standard InChI is InChI=1S/C19H23ClFN3O/c20-17-2-1-15(11-18(17)21)19(13-25)23-16-5-9-24(10-6-16)12-14-3-7-22-8-4-14/h1-4,7-8,11,16,19,23,25H,5-6,9-10,12-13H2. The number of rotatable bonds is 6. The summed E-state index contributed by atoms with van der Waals surface area (Å²) in [5.74, 6) is -0.452. The van der Waals surface area contributed by atoms with Gasteiger partial charge in [0, 0.05) is 25.0 Å². The van der Waals surface area contributed by atoms with Crippen LogP contribution < -0.4 is 5.32 Å². The van der Waals surface area contributed by atoms with Crippen molar-refractivity contribution < 1.29 is 9.50 Å². The van der Waals surface area contributed by atoms with Crippen LogP contribution in [0.2, 0.25) is 5.02 Å². The Balaban J connectivity index is 1.52. The first kappa shape index (κ1) is 18.3. The number of likely N-dealkylation sites (tertiary alicyclic amines) is 1. The van der Waals surface area contributed by atoms with Gasteiger partial charge in [0.05, 0.1) is 17.7 Å². The molecule has 0 bridgehead atoms. The molecule has 134 valence electrons. The number of hydrogen-bond acceptors (Lipinski definition) is 4. The monoisotopic (exact) mass is 363 g/mol. The van der Waals surface area contributed by atoms with Crippen molar-refractivity contribution in [3.05, 3.63) is 64.7 Å². The van der Waals surface area contributed by atoms with E-state index in [1.807, 2.05) is 24.5 Å². The first-order chi connectivity index (χ1) is 12.2. The lowest BCUT2D eigenvalue weighted by atomic mass is 10.0. The van der Waals surface area contributed by atoms with E-state index in [1.165, 1.54) is 17.7 Å². The molecule has 1 fully saturated rings. The van der Waals surface area contributed by atoms with Crippen molar-refractivity contribution in [2.24, 2.45) is 0 Å². The van der Waals surface area contributed by atoms with Crippen molar-refractivity contribution in [1.82, 2.24) is 15.2 Å². The lowest BCUT2D eigenvalue weighted by molar-refractivity contribution is 0.167. The maximum absolute atomic E-state index is 13.7. The van der Waals surface area contributed by atoms with E-state index in [1.54, 1.807) is 6.07 Å². The Morgan fingerprint density at radius 3 is 2.60 bits per heavy atom. The number of piperidine rings is 1. The molecule has 1 aromatic carbocycles. The number of hydrogen-bond donors (Lipinski definition) is 2. The molecule has 1 aromatic heterocycles. The second kappa shape index (κ2) is 8.72. The van der Waals surface area contributed by atoms with Crippen LogP contribution in [-0.4, -0.2) is 40.7 Å². The normalized spacial score (nSPS) is 17.6. The minimum atomic E-state index is -0.452. The minimum Gasteiger partial charge on any atom is -0.394 e. The molecule has 0 spiro atoms. The van der Waals surface area contributed by atoms with Crippen molar-refractivity contribution in [2.45, 2.75) is 31.5 Å². The van der Waals surface area contributed by atoms with Crippen LogP contribution >= 0.6 is 11.6 Å². The topological polar surface area (TPSA) is 48.4 Å². The predicted octanol–water partition coefficient (Wildman–Crippen LogP) is 3.16. The molecule has 2 heterocycles. The quantitative estimate of drug-likeness (QED) is 0.827. The van der Waals surface area contributed by atoms with E-state index >= 15 is 0 Å². The molecule has 0 radical (unpaired) electrons. The molecule has 3 rings (SSSR count). The zero-order valence-corrected chi connectivity index (χ0v) is 14.8. The van der Waals surface area contributed by atoms with E-state index in [-0.39, 0.29) is 17.7 Å². The van der Waals surface area contributed by atoms with Crippen LogP contribution in [0.15, 0.2) is 42.7 Å². The van der Waals surface area contributed by atoms with Crippen molar-refractivity contribution in [1.29, 1.82) is 0 Å². The summed E-state index contributed by atoms with van der Waals surface area (Å²) >= 11 is 5.74. The number of aliphatic hydroxyl groups excluding tert-OH is 1. The van der Waals surface area contributed by atoms with E-state index in [4.69, 9.17) is 11.6 Å². The van der Waals surface area contributed by atoms with Crippen LogP contribution in [0.5, 0.6) is 0 Å². The molecule has 0 saturated carbocycles. The third-order valence-corrected chi connectivity index (χ3v) is 5.02. The second-order valence-corrected chi connectivity index (χ2v) is 6.89. The Bertz CT molecular complexity index is 678.